The number of benzene rings is 1. The zero-order valence-electron chi connectivity index (χ0n) is 15.2. The fourth-order valence-corrected chi connectivity index (χ4v) is 4.74. The van der Waals surface area contributed by atoms with Gasteiger partial charge in [0.15, 0.2) is 0 Å². The highest BCUT2D eigenvalue weighted by Crippen LogP contribution is 2.41. The number of hydrogen-bond donors (Lipinski definition) is 2. The highest BCUT2D eigenvalue weighted by molar-refractivity contribution is 7.12. The predicted octanol–water partition coefficient (Wildman–Crippen LogP) is 2.25. The van der Waals surface area contributed by atoms with E-state index in [1.165, 1.54) is 11.0 Å². The van der Waals surface area contributed by atoms with E-state index in [-0.39, 0.29) is 35.6 Å². The van der Waals surface area contributed by atoms with Crippen LogP contribution in [-0.2, 0) is 4.79 Å². The number of carbonyl (C=O) groups is 1. The summed E-state index contributed by atoms with van der Waals surface area (Å²) in [5.74, 6) is -2.74. The molecule has 0 atom stereocenters. The van der Waals surface area contributed by atoms with Crippen LogP contribution in [0, 0.1) is 5.82 Å². The maximum absolute atomic E-state index is 14.8. The monoisotopic (exact) mass is 442 g/mol. The molecule has 7 nitrogen and oxygen atoms in total. The molecule has 0 unspecified atom stereocenters. The molecular weight excluding hydrogens is 428 g/mol. The van der Waals surface area contributed by atoms with E-state index in [1.54, 1.807) is 0 Å². The molecule has 0 bridgehead atoms. The second kappa shape index (κ2) is 6.30. The van der Waals surface area contributed by atoms with Gasteiger partial charge >= 0.3 is 12.1 Å². The van der Waals surface area contributed by atoms with Crippen LogP contribution in [0.25, 0.3) is 21.1 Å². The SMILES string of the molecule is O=C(NC1CN(c2cc3c(cc2F)c(=O)c2c(=O)[nH]sc2n3C2CC2)C1)C(F)(F)F. The molecule has 2 aromatic heterocycles. The molecule has 0 radical (unpaired) electrons. The van der Waals surface area contributed by atoms with Crippen molar-refractivity contribution in [3.8, 4) is 0 Å². The molecular formula is C18H14F4N4O3S. The lowest BCUT2D eigenvalue weighted by Gasteiger charge is -2.41. The molecule has 1 amide bonds. The van der Waals surface area contributed by atoms with Crippen molar-refractivity contribution in [2.45, 2.75) is 31.1 Å². The van der Waals surface area contributed by atoms with Gasteiger partial charge in [0.1, 0.15) is 16.0 Å². The molecule has 2 aliphatic rings. The minimum atomic E-state index is -4.97. The van der Waals surface area contributed by atoms with Gasteiger partial charge in [-0.2, -0.15) is 13.2 Å². The number of fused-ring (bicyclic) bond motifs is 2. The summed E-state index contributed by atoms with van der Waals surface area (Å²) in [7, 11) is 0. The zero-order chi connectivity index (χ0) is 21.4. The fraction of sp³-hybridized carbons (Fsp3) is 0.389. The van der Waals surface area contributed by atoms with Gasteiger partial charge in [-0.15, -0.1) is 0 Å². The summed E-state index contributed by atoms with van der Waals surface area (Å²) in [6.45, 7) is 0.0231. The number of nitrogens with one attached hydrogen (secondary N) is 2. The van der Waals surface area contributed by atoms with Gasteiger partial charge in [0.05, 0.1) is 17.2 Å². The molecule has 2 N–H and O–H groups in total. The van der Waals surface area contributed by atoms with Crippen molar-refractivity contribution < 1.29 is 22.4 Å². The van der Waals surface area contributed by atoms with Crippen LogP contribution in [-0.4, -0.2) is 40.2 Å². The lowest BCUT2D eigenvalue weighted by atomic mass is 10.1. The van der Waals surface area contributed by atoms with Crippen molar-refractivity contribution in [3.05, 3.63) is 38.5 Å². The molecule has 2 fully saturated rings. The summed E-state index contributed by atoms with van der Waals surface area (Å²) in [4.78, 5) is 37.9. The largest absolute Gasteiger partial charge is 0.471 e. The normalized spacial score (nSPS) is 17.5. The number of hydrogen-bond acceptors (Lipinski definition) is 5. The number of carbonyl (C=O) groups excluding carboxylic acids is 1. The number of H-pyrrole nitrogens is 1. The van der Waals surface area contributed by atoms with Crippen LogP contribution < -0.4 is 21.2 Å². The van der Waals surface area contributed by atoms with Crippen LogP contribution >= 0.6 is 11.5 Å². The summed E-state index contributed by atoms with van der Waals surface area (Å²) >= 11 is 1.05. The molecule has 158 valence electrons. The highest BCUT2D eigenvalue weighted by Gasteiger charge is 2.42. The van der Waals surface area contributed by atoms with Crippen molar-refractivity contribution >= 4 is 44.2 Å². The smallest absolute Gasteiger partial charge is 0.365 e. The van der Waals surface area contributed by atoms with Gasteiger partial charge in [-0.25, -0.2) is 4.39 Å². The number of nitrogens with zero attached hydrogens (tertiary/aromatic N) is 2. The molecule has 1 saturated heterocycles. The van der Waals surface area contributed by atoms with Crippen LogP contribution in [0.5, 0.6) is 0 Å². The van der Waals surface area contributed by atoms with E-state index in [9.17, 15) is 31.9 Å². The van der Waals surface area contributed by atoms with E-state index in [1.807, 2.05) is 9.88 Å². The molecule has 3 aromatic rings. The van der Waals surface area contributed by atoms with Crippen LogP contribution in [0.15, 0.2) is 21.7 Å². The van der Waals surface area contributed by atoms with Crippen molar-refractivity contribution in [3.63, 3.8) is 0 Å². The van der Waals surface area contributed by atoms with E-state index in [0.29, 0.717) is 10.3 Å². The van der Waals surface area contributed by atoms with Crippen molar-refractivity contribution in [1.29, 1.82) is 0 Å². The molecule has 1 aliphatic heterocycles. The Balaban J connectivity index is 1.54. The second-order valence-electron chi connectivity index (χ2n) is 7.54. The van der Waals surface area contributed by atoms with Gasteiger partial charge in [-0.3, -0.25) is 18.8 Å². The Bertz CT molecular complexity index is 1320. The lowest BCUT2D eigenvalue weighted by Crippen LogP contribution is -2.61. The number of aromatic nitrogens is 2. The number of rotatable bonds is 3. The van der Waals surface area contributed by atoms with Gasteiger partial charge in [-0.05, 0) is 36.5 Å². The fourth-order valence-electron chi connectivity index (χ4n) is 3.81. The van der Waals surface area contributed by atoms with Crippen LogP contribution in [0.4, 0.5) is 23.2 Å². The van der Waals surface area contributed by atoms with E-state index in [2.05, 4.69) is 4.37 Å². The Morgan fingerprint density at radius 2 is 1.90 bits per heavy atom. The van der Waals surface area contributed by atoms with Gasteiger partial charge in [0, 0.05) is 24.5 Å². The molecule has 30 heavy (non-hydrogen) atoms. The van der Waals surface area contributed by atoms with E-state index < -0.39 is 34.9 Å². The quantitative estimate of drug-likeness (QED) is 0.610. The third-order valence-corrected chi connectivity index (χ3v) is 6.31. The van der Waals surface area contributed by atoms with Gasteiger partial charge in [0.25, 0.3) is 5.56 Å². The molecule has 12 heteroatoms. The summed E-state index contributed by atoms with van der Waals surface area (Å²) in [6, 6.07) is 1.91. The minimum Gasteiger partial charge on any atom is -0.365 e. The average Bonchev–Trinajstić information content (AvgIpc) is 3.40. The number of halogens is 4. The number of amides is 1. The number of pyridine rings is 1. The van der Waals surface area contributed by atoms with E-state index in [0.717, 1.165) is 30.4 Å². The van der Waals surface area contributed by atoms with E-state index >= 15 is 0 Å². The van der Waals surface area contributed by atoms with Crippen LogP contribution in [0.2, 0.25) is 0 Å². The first kappa shape index (κ1) is 19.1. The average molecular weight is 442 g/mol. The Labute approximate surface area is 169 Å². The molecule has 5 rings (SSSR count). The lowest BCUT2D eigenvalue weighted by molar-refractivity contribution is -0.174. The first-order valence-electron chi connectivity index (χ1n) is 9.16. The zero-order valence-corrected chi connectivity index (χ0v) is 16.0. The standard InChI is InChI=1S/C18H14F4N4O3S/c19-10-3-9-11(4-12(10)25-5-7(6-25)23-17(29)18(20,21)22)26(8-1-2-8)16-13(14(9)27)15(28)24-30-16/h3-4,7-8H,1-2,5-6H2,(H,23,29)(H,24,28). The summed E-state index contributed by atoms with van der Waals surface area (Å²) in [5.41, 5.74) is -0.448. The Morgan fingerprint density at radius 1 is 1.20 bits per heavy atom. The number of anilines is 1. The predicted molar refractivity (Wildman–Crippen MR) is 103 cm³/mol. The van der Waals surface area contributed by atoms with Gasteiger partial charge in [-0.1, -0.05) is 0 Å². The number of alkyl halides is 3. The highest BCUT2D eigenvalue weighted by atomic mass is 32.1. The minimum absolute atomic E-state index is 0.00503. The van der Waals surface area contributed by atoms with Crippen LogP contribution in [0.3, 0.4) is 0 Å². The maximum atomic E-state index is 14.8. The van der Waals surface area contributed by atoms with Crippen LogP contribution in [0.1, 0.15) is 18.9 Å². The van der Waals surface area contributed by atoms with Crippen molar-refractivity contribution in [2.24, 2.45) is 0 Å². The molecule has 0 spiro atoms. The molecule has 3 heterocycles. The Morgan fingerprint density at radius 3 is 2.53 bits per heavy atom. The first-order chi connectivity index (χ1) is 14.1. The van der Waals surface area contributed by atoms with E-state index in [4.69, 9.17) is 0 Å². The molecule has 1 saturated carbocycles. The molecule has 1 aliphatic carbocycles. The third-order valence-electron chi connectivity index (χ3n) is 5.42. The summed E-state index contributed by atoms with van der Waals surface area (Å²) < 4.78 is 56.3. The van der Waals surface area contributed by atoms with Crippen molar-refractivity contribution in [1.82, 2.24) is 14.3 Å². The third kappa shape index (κ3) is 2.89. The van der Waals surface area contributed by atoms with Gasteiger partial charge in [0.2, 0.25) is 5.43 Å². The topological polar surface area (TPSA) is 87.2 Å². The van der Waals surface area contributed by atoms with Gasteiger partial charge < -0.3 is 14.8 Å². The Kier molecular flexibility index (Phi) is 4.01. The summed E-state index contributed by atoms with van der Waals surface area (Å²) in [6.07, 6.45) is -3.25. The Hall–Kier alpha value is -2.89. The number of aromatic amines is 1. The second-order valence-corrected chi connectivity index (χ2v) is 8.33. The molecule has 1 aromatic carbocycles. The van der Waals surface area contributed by atoms with Crippen molar-refractivity contribution in [2.75, 3.05) is 18.0 Å². The first-order valence-corrected chi connectivity index (χ1v) is 9.98. The maximum Gasteiger partial charge on any atom is 0.471 e. The summed E-state index contributed by atoms with van der Waals surface area (Å²) in [5, 5.41) is 1.96.